The molecule has 104 valence electrons. The highest BCUT2D eigenvalue weighted by atomic mass is 16.5. The van der Waals surface area contributed by atoms with Gasteiger partial charge in [0.1, 0.15) is 0 Å². The Balaban J connectivity index is 1.74. The van der Waals surface area contributed by atoms with Crippen molar-refractivity contribution in [1.82, 2.24) is 10.6 Å². The lowest BCUT2D eigenvalue weighted by atomic mass is 9.77. The van der Waals surface area contributed by atoms with E-state index in [9.17, 15) is 4.79 Å². The summed E-state index contributed by atoms with van der Waals surface area (Å²) in [6.45, 7) is 5.64. The van der Waals surface area contributed by atoms with Gasteiger partial charge in [0, 0.05) is 19.7 Å². The van der Waals surface area contributed by atoms with Crippen LogP contribution in [-0.4, -0.2) is 38.3 Å². The quantitative estimate of drug-likeness (QED) is 0.781. The van der Waals surface area contributed by atoms with Crippen molar-refractivity contribution in [2.75, 3.05) is 26.2 Å². The fraction of sp³-hybridized carbons (Fsp3) is 0.929. The maximum absolute atomic E-state index is 12.3. The molecule has 0 radical (unpaired) electrons. The number of hydrogen-bond acceptors (Lipinski definition) is 3. The van der Waals surface area contributed by atoms with Crippen LogP contribution >= 0.6 is 0 Å². The summed E-state index contributed by atoms with van der Waals surface area (Å²) in [5, 5.41) is 6.47. The number of amides is 1. The molecule has 2 fully saturated rings. The molecule has 0 saturated carbocycles. The van der Waals surface area contributed by atoms with Crippen molar-refractivity contribution in [1.29, 1.82) is 0 Å². The summed E-state index contributed by atoms with van der Waals surface area (Å²) < 4.78 is 5.57. The molecule has 4 nitrogen and oxygen atoms in total. The molecule has 0 aromatic carbocycles. The van der Waals surface area contributed by atoms with E-state index in [2.05, 4.69) is 17.6 Å². The van der Waals surface area contributed by atoms with Crippen LogP contribution in [0.2, 0.25) is 0 Å². The fourth-order valence-electron chi connectivity index (χ4n) is 3.03. The van der Waals surface area contributed by atoms with Gasteiger partial charge in [-0.05, 0) is 45.1 Å². The van der Waals surface area contributed by atoms with Gasteiger partial charge in [-0.2, -0.15) is 0 Å². The summed E-state index contributed by atoms with van der Waals surface area (Å²) in [6, 6.07) is 0. The fourth-order valence-corrected chi connectivity index (χ4v) is 3.03. The zero-order valence-electron chi connectivity index (χ0n) is 11.5. The Morgan fingerprint density at radius 2 is 2.39 bits per heavy atom. The second-order valence-corrected chi connectivity index (χ2v) is 5.59. The van der Waals surface area contributed by atoms with E-state index in [4.69, 9.17) is 4.74 Å². The van der Waals surface area contributed by atoms with Crippen LogP contribution in [0.1, 0.15) is 45.4 Å². The number of nitrogens with one attached hydrogen (secondary N) is 2. The zero-order valence-corrected chi connectivity index (χ0v) is 11.5. The first kappa shape index (κ1) is 13.8. The third kappa shape index (κ3) is 3.23. The van der Waals surface area contributed by atoms with E-state index in [1.807, 2.05) is 0 Å². The lowest BCUT2D eigenvalue weighted by Gasteiger charge is -2.35. The molecule has 0 aliphatic carbocycles. The van der Waals surface area contributed by atoms with Crippen molar-refractivity contribution in [3.05, 3.63) is 0 Å². The highest BCUT2D eigenvalue weighted by Crippen LogP contribution is 2.30. The molecule has 2 N–H and O–H groups in total. The van der Waals surface area contributed by atoms with Crippen LogP contribution in [0, 0.1) is 5.41 Å². The Morgan fingerprint density at radius 1 is 1.50 bits per heavy atom. The van der Waals surface area contributed by atoms with Crippen LogP contribution in [0.3, 0.4) is 0 Å². The van der Waals surface area contributed by atoms with Crippen LogP contribution in [0.4, 0.5) is 0 Å². The molecule has 0 spiro atoms. The topological polar surface area (TPSA) is 50.4 Å². The number of carbonyl (C=O) groups excluding carboxylic acids is 1. The van der Waals surface area contributed by atoms with Crippen molar-refractivity contribution in [3.63, 3.8) is 0 Å². The Kier molecular flexibility index (Phi) is 5.01. The van der Waals surface area contributed by atoms with Crippen LogP contribution in [0.25, 0.3) is 0 Å². The van der Waals surface area contributed by atoms with Gasteiger partial charge in [0.2, 0.25) is 5.91 Å². The molecule has 2 unspecified atom stereocenters. The van der Waals surface area contributed by atoms with E-state index in [0.29, 0.717) is 6.10 Å². The minimum Gasteiger partial charge on any atom is -0.378 e. The SMILES string of the molecule is CCC1(C(=O)NCCC2CCCO2)CCCNC1. The summed E-state index contributed by atoms with van der Waals surface area (Å²) in [6.07, 6.45) is 6.69. The number of rotatable bonds is 5. The summed E-state index contributed by atoms with van der Waals surface area (Å²) in [4.78, 5) is 12.3. The number of ether oxygens (including phenoxy) is 1. The van der Waals surface area contributed by atoms with Gasteiger partial charge in [-0.15, -0.1) is 0 Å². The first-order chi connectivity index (χ1) is 8.77. The largest absolute Gasteiger partial charge is 0.378 e. The van der Waals surface area contributed by atoms with Crippen LogP contribution in [0.5, 0.6) is 0 Å². The van der Waals surface area contributed by atoms with Gasteiger partial charge < -0.3 is 15.4 Å². The summed E-state index contributed by atoms with van der Waals surface area (Å²) >= 11 is 0. The Labute approximate surface area is 110 Å². The smallest absolute Gasteiger partial charge is 0.227 e. The monoisotopic (exact) mass is 254 g/mol. The maximum atomic E-state index is 12.3. The zero-order chi connectivity index (χ0) is 12.8. The Morgan fingerprint density at radius 3 is 3.00 bits per heavy atom. The Hall–Kier alpha value is -0.610. The molecule has 0 aromatic rings. The third-order valence-corrected chi connectivity index (χ3v) is 4.41. The maximum Gasteiger partial charge on any atom is 0.227 e. The van der Waals surface area contributed by atoms with Crippen molar-refractivity contribution in [2.24, 2.45) is 5.41 Å². The molecule has 2 rings (SSSR count). The standard InChI is InChI=1S/C14H26N2O2/c1-2-14(7-4-8-15-11-14)13(17)16-9-6-12-5-3-10-18-12/h12,15H,2-11H2,1H3,(H,16,17). The Bertz CT molecular complexity index is 269. The molecule has 2 heterocycles. The third-order valence-electron chi connectivity index (χ3n) is 4.41. The first-order valence-corrected chi connectivity index (χ1v) is 7.37. The van der Waals surface area contributed by atoms with Gasteiger partial charge in [-0.25, -0.2) is 0 Å². The van der Waals surface area contributed by atoms with E-state index in [1.54, 1.807) is 0 Å². The van der Waals surface area contributed by atoms with Crippen molar-refractivity contribution in [2.45, 2.75) is 51.6 Å². The predicted molar refractivity (Wildman–Crippen MR) is 71.4 cm³/mol. The second kappa shape index (κ2) is 6.53. The molecule has 2 aliphatic rings. The van der Waals surface area contributed by atoms with Crippen LogP contribution in [0.15, 0.2) is 0 Å². The van der Waals surface area contributed by atoms with E-state index in [0.717, 1.165) is 58.3 Å². The number of carbonyl (C=O) groups is 1. The second-order valence-electron chi connectivity index (χ2n) is 5.59. The first-order valence-electron chi connectivity index (χ1n) is 7.37. The molecule has 2 aliphatic heterocycles. The van der Waals surface area contributed by atoms with E-state index in [1.165, 1.54) is 6.42 Å². The molecular formula is C14H26N2O2. The molecular weight excluding hydrogens is 228 g/mol. The molecule has 2 atom stereocenters. The number of piperidine rings is 1. The van der Waals surface area contributed by atoms with Gasteiger partial charge >= 0.3 is 0 Å². The van der Waals surface area contributed by atoms with Gasteiger partial charge in [0.15, 0.2) is 0 Å². The highest BCUT2D eigenvalue weighted by molar-refractivity contribution is 5.83. The number of hydrogen-bond donors (Lipinski definition) is 2. The molecule has 1 amide bonds. The van der Waals surface area contributed by atoms with E-state index >= 15 is 0 Å². The summed E-state index contributed by atoms with van der Waals surface area (Å²) in [7, 11) is 0. The minimum atomic E-state index is -0.172. The predicted octanol–water partition coefficient (Wildman–Crippen LogP) is 1.45. The van der Waals surface area contributed by atoms with Crippen molar-refractivity contribution >= 4 is 5.91 Å². The summed E-state index contributed by atoms with van der Waals surface area (Å²) in [5.74, 6) is 0.232. The van der Waals surface area contributed by atoms with E-state index in [-0.39, 0.29) is 11.3 Å². The molecule has 18 heavy (non-hydrogen) atoms. The summed E-state index contributed by atoms with van der Waals surface area (Å²) in [5.41, 5.74) is -0.172. The van der Waals surface area contributed by atoms with Gasteiger partial charge in [0.05, 0.1) is 11.5 Å². The molecule has 0 aromatic heterocycles. The van der Waals surface area contributed by atoms with Crippen LogP contribution in [-0.2, 0) is 9.53 Å². The van der Waals surface area contributed by atoms with Gasteiger partial charge in [-0.1, -0.05) is 6.92 Å². The lowest BCUT2D eigenvalue weighted by Crippen LogP contribution is -2.50. The molecule has 2 saturated heterocycles. The van der Waals surface area contributed by atoms with Gasteiger partial charge in [0.25, 0.3) is 0 Å². The average Bonchev–Trinajstić information content (AvgIpc) is 2.92. The van der Waals surface area contributed by atoms with E-state index < -0.39 is 0 Å². The highest BCUT2D eigenvalue weighted by Gasteiger charge is 2.37. The molecule has 4 heteroatoms. The minimum absolute atomic E-state index is 0.172. The molecule has 0 bridgehead atoms. The normalized spacial score (nSPS) is 32.4. The van der Waals surface area contributed by atoms with Crippen LogP contribution < -0.4 is 10.6 Å². The van der Waals surface area contributed by atoms with Crippen molar-refractivity contribution < 1.29 is 9.53 Å². The lowest BCUT2D eigenvalue weighted by molar-refractivity contribution is -0.132. The van der Waals surface area contributed by atoms with Crippen molar-refractivity contribution in [3.8, 4) is 0 Å². The van der Waals surface area contributed by atoms with Gasteiger partial charge in [-0.3, -0.25) is 4.79 Å². The average molecular weight is 254 g/mol.